The summed E-state index contributed by atoms with van der Waals surface area (Å²) in [7, 11) is 0. The van der Waals surface area contributed by atoms with Crippen LogP contribution in [-0.2, 0) is 0 Å². The number of hydrogen-bond acceptors (Lipinski definition) is 3. The Hall–Kier alpha value is -1.30. The summed E-state index contributed by atoms with van der Waals surface area (Å²) in [6, 6.07) is 1.15. The molecule has 0 fully saturated rings. The molecule has 0 aliphatic rings. The van der Waals surface area contributed by atoms with Crippen LogP contribution < -0.4 is 5.56 Å². The van der Waals surface area contributed by atoms with E-state index in [4.69, 9.17) is 0 Å². The maximum atomic E-state index is 12.7. The molecule has 0 aromatic carbocycles. The topological polar surface area (TPSA) is 50.2 Å². The molecule has 0 radical (unpaired) electrons. The lowest BCUT2D eigenvalue weighted by atomic mass is 10.5. The van der Waals surface area contributed by atoms with Crippen molar-refractivity contribution >= 4 is 17.3 Å². The van der Waals surface area contributed by atoms with Crippen molar-refractivity contribution in [2.45, 2.75) is 5.16 Å². The largest absolute Gasteiger partial charge is 0.298 e. The lowest BCUT2D eigenvalue weighted by molar-refractivity contribution is 0.623. The highest BCUT2D eigenvalue weighted by Crippen LogP contribution is 2.07. The van der Waals surface area contributed by atoms with Crippen molar-refractivity contribution in [2.24, 2.45) is 0 Å². The van der Waals surface area contributed by atoms with Crippen molar-refractivity contribution in [3.05, 3.63) is 28.4 Å². The summed E-state index contributed by atoms with van der Waals surface area (Å²) in [4.78, 5) is 13.8. The lowest BCUT2D eigenvalue weighted by Gasteiger charge is -1.95. The van der Waals surface area contributed by atoms with Crippen LogP contribution >= 0.6 is 11.8 Å². The van der Waals surface area contributed by atoms with E-state index in [1.807, 2.05) is 0 Å². The van der Waals surface area contributed by atoms with Gasteiger partial charge < -0.3 is 0 Å². The van der Waals surface area contributed by atoms with Crippen molar-refractivity contribution in [2.75, 3.05) is 6.26 Å². The number of hydrogen-bond donors (Lipinski definition) is 1. The molecule has 0 saturated carbocycles. The Morgan fingerprint density at radius 3 is 3.15 bits per heavy atom. The van der Waals surface area contributed by atoms with Crippen LogP contribution in [0.1, 0.15) is 0 Å². The molecule has 6 heteroatoms. The molecule has 2 aromatic heterocycles. The summed E-state index contributed by atoms with van der Waals surface area (Å²) in [5.41, 5.74) is -0.112. The second kappa shape index (κ2) is 2.88. The molecule has 0 spiro atoms. The second-order valence-electron chi connectivity index (χ2n) is 2.45. The first-order chi connectivity index (χ1) is 6.20. The zero-order valence-electron chi connectivity index (χ0n) is 6.74. The van der Waals surface area contributed by atoms with E-state index in [9.17, 15) is 9.18 Å². The van der Waals surface area contributed by atoms with Crippen LogP contribution in [-0.4, -0.2) is 20.9 Å². The van der Waals surface area contributed by atoms with E-state index in [1.54, 1.807) is 6.26 Å². The van der Waals surface area contributed by atoms with Crippen LogP contribution in [0.5, 0.6) is 0 Å². The number of fused-ring (bicyclic) bond motifs is 1. The van der Waals surface area contributed by atoms with Crippen LogP contribution in [0.15, 0.2) is 22.2 Å². The van der Waals surface area contributed by atoms with Crippen molar-refractivity contribution in [3.63, 3.8) is 0 Å². The van der Waals surface area contributed by atoms with Gasteiger partial charge in [-0.2, -0.15) is 0 Å². The third kappa shape index (κ3) is 1.33. The van der Waals surface area contributed by atoms with Gasteiger partial charge in [0.25, 0.3) is 5.56 Å². The molecular formula is C7H6FN3OS. The lowest BCUT2D eigenvalue weighted by Crippen LogP contribution is -2.12. The van der Waals surface area contributed by atoms with E-state index in [1.165, 1.54) is 22.5 Å². The minimum absolute atomic E-state index is 0.218. The quantitative estimate of drug-likeness (QED) is 0.694. The van der Waals surface area contributed by atoms with Crippen LogP contribution in [0, 0.1) is 5.82 Å². The summed E-state index contributed by atoms with van der Waals surface area (Å²) in [5.74, 6) is -0.462. The van der Waals surface area contributed by atoms with Crippen molar-refractivity contribution in [3.8, 4) is 0 Å². The highest BCUT2D eigenvalue weighted by atomic mass is 32.2. The van der Waals surface area contributed by atoms with Gasteiger partial charge in [-0.25, -0.2) is 8.91 Å². The Bertz CT molecular complexity index is 504. The first-order valence-electron chi connectivity index (χ1n) is 3.53. The van der Waals surface area contributed by atoms with E-state index in [-0.39, 0.29) is 11.1 Å². The molecule has 2 heterocycles. The predicted molar refractivity (Wildman–Crippen MR) is 47.6 cm³/mol. The number of nitrogens with zero attached hydrogens (tertiary/aromatic N) is 2. The van der Waals surface area contributed by atoms with Gasteiger partial charge in [0.2, 0.25) is 0 Å². The fraction of sp³-hybridized carbons (Fsp3) is 0.143. The van der Waals surface area contributed by atoms with Gasteiger partial charge in [-0.1, -0.05) is 11.8 Å². The number of nitrogens with one attached hydrogen (secondary N) is 1. The average molecular weight is 199 g/mol. The Balaban J connectivity index is 2.83. The molecule has 0 saturated heterocycles. The summed E-state index contributed by atoms with van der Waals surface area (Å²) < 4.78 is 14.0. The van der Waals surface area contributed by atoms with Gasteiger partial charge in [0.15, 0.2) is 5.16 Å². The highest BCUT2D eigenvalue weighted by molar-refractivity contribution is 7.98. The molecule has 0 aliphatic heterocycles. The summed E-state index contributed by atoms with van der Waals surface area (Å²) >= 11 is 1.30. The average Bonchev–Trinajstić information content (AvgIpc) is 2.46. The monoisotopic (exact) mass is 199 g/mol. The van der Waals surface area contributed by atoms with Crippen LogP contribution in [0.3, 0.4) is 0 Å². The van der Waals surface area contributed by atoms with Gasteiger partial charge in [0, 0.05) is 6.07 Å². The van der Waals surface area contributed by atoms with E-state index in [0.717, 1.165) is 6.07 Å². The van der Waals surface area contributed by atoms with E-state index >= 15 is 0 Å². The van der Waals surface area contributed by atoms with Crippen LogP contribution in [0.25, 0.3) is 5.52 Å². The molecule has 0 atom stereocenters. The number of rotatable bonds is 1. The normalized spacial score (nSPS) is 10.9. The van der Waals surface area contributed by atoms with Crippen molar-refractivity contribution in [1.82, 2.24) is 14.6 Å². The van der Waals surface area contributed by atoms with Gasteiger partial charge in [0.1, 0.15) is 11.3 Å². The third-order valence-electron chi connectivity index (χ3n) is 1.61. The molecule has 2 rings (SSSR count). The van der Waals surface area contributed by atoms with Crippen molar-refractivity contribution in [1.29, 1.82) is 0 Å². The molecule has 0 unspecified atom stereocenters. The van der Waals surface area contributed by atoms with E-state index in [0.29, 0.717) is 5.16 Å². The molecule has 0 bridgehead atoms. The molecule has 68 valence electrons. The smallest absolute Gasteiger partial charge is 0.276 e. The van der Waals surface area contributed by atoms with Gasteiger partial charge in [0.05, 0.1) is 6.20 Å². The zero-order valence-corrected chi connectivity index (χ0v) is 7.56. The van der Waals surface area contributed by atoms with Gasteiger partial charge in [-0.3, -0.25) is 9.78 Å². The standard InChI is InChI=1S/C7H6FN3OS/c1-13-7-9-6(12)5-2-4(8)3-11(5)10-7/h2-3H,1H3,(H,9,10,12). The number of halogens is 1. The fourth-order valence-electron chi connectivity index (χ4n) is 1.05. The van der Waals surface area contributed by atoms with Crippen LogP contribution in [0.2, 0.25) is 0 Å². The Morgan fingerprint density at radius 1 is 1.69 bits per heavy atom. The zero-order chi connectivity index (χ0) is 9.42. The Kier molecular flexibility index (Phi) is 1.84. The summed E-state index contributed by atoms with van der Waals surface area (Å²) in [5, 5.41) is 4.43. The fourth-order valence-corrected chi connectivity index (χ4v) is 1.41. The third-order valence-corrected chi connectivity index (χ3v) is 2.18. The number of H-pyrrole nitrogens is 1. The van der Waals surface area contributed by atoms with Gasteiger partial charge in [-0.15, -0.1) is 5.10 Å². The first-order valence-corrected chi connectivity index (χ1v) is 4.75. The van der Waals surface area contributed by atoms with Gasteiger partial charge in [-0.05, 0) is 6.26 Å². The minimum atomic E-state index is -0.462. The summed E-state index contributed by atoms with van der Waals surface area (Å²) in [6.45, 7) is 0. The Morgan fingerprint density at radius 2 is 2.46 bits per heavy atom. The van der Waals surface area contributed by atoms with E-state index < -0.39 is 5.82 Å². The molecular weight excluding hydrogens is 193 g/mol. The summed E-state index contributed by atoms with van der Waals surface area (Å²) in [6.07, 6.45) is 2.95. The van der Waals surface area contributed by atoms with Crippen LogP contribution in [0.4, 0.5) is 4.39 Å². The molecule has 2 aromatic rings. The predicted octanol–water partition coefficient (Wildman–Crippen LogP) is 0.884. The minimum Gasteiger partial charge on any atom is -0.298 e. The van der Waals surface area contributed by atoms with Gasteiger partial charge >= 0.3 is 0 Å². The number of thioether (sulfide) groups is 1. The second-order valence-corrected chi connectivity index (χ2v) is 3.25. The molecule has 0 aliphatic carbocycles. The Labute approximate surface area is 76.8 Å². The maximum absolute atomic E-state index is 12.7. The molecule has 4 nitrogen and oxygen atoms in total. The number of aromatic nitrogens is 3. The highest BCUT2D eigenvalue weighted by Gasteiger charge is 2.04. The van der Waals surface area contributed by atoms with E-state index in [2.05, 4.69) is 10.1 Å². The number of aromatic amines is 1. The van der Waals surface area contributed by atoms with Crippen molar-refractivity contribution < 1.29 is 4.39 Å². The first kappa shape index (κ1) is 8.31. The molecule has 1 N–H and O–H groups in total. The molecule has 13 heavy (non-hydrogen) atoms. The molecule has 0 amide bonds. The SMILES string of the molecule is CSc1nn2cc(F)cc2c(=O)[nH]1. The maximum Gasteiger partial charge on any atom is 0.276 e.